The summed E-state index contributed by atoms with van der Waals surface area (Å²) < 4.78 is 0. The minimum Gasteiger partial charge on any atom is -0.373 e. The van der Waals surface area contributed by atoms with Gasteiger partial charge in [-0.05, 0) is 12.8 Å². The van der Waals surface area contributed by atoms with E-state index in [1.54, 1.807) is 0 Å². The molecule has 0 saturated carbocycles. The normalized spacial score (nSPS) is 25.1. The molecule has 0 aromatic heterocycles. The van der Waals surface area contributed by atoms with Gasteiger partial charge in [-0.2, -0.15) is 0 Å². The van der Waals surface area contributed by atoms with Crippen molar-refractivity contribution >= 4 is 11.8 Å². The lowest BCUT2D eigenvalue weighted by molar-refractivity contribution is -0.133. The average molecular weight is 228 g/mol. The van der Waals surface area contributed by atoms with E-state index in [2.05, 4.69) is 0 Å². The van der Waals surface area contributed by atoms with Crippen LogP contribution in [-0.4, -0.2) is 34.6 Å². The second kappa shape index (κ2) is 5.84. The Morgan fingerprint density at radius 2 is 2.19 bits per heavy atom. The first kappa shape index (κ1) is 13.0. The number of hydrogen-bond acceptors (Lipinski definition) is 3. The molecule has 1 fully saturated rings. The van der Waals surface area contributed by atoms with Crippen LogP contribution in [0.1, 0.15) is 39.0 Å². The third kappa shape index (κ3) is 3.48. The van der Waals surface area contributed by atoms with E-state index < -0.39 is 6.23 Å². The van der Waals surface area contributed by atoms with Gasteiger partial charge < -0.3 is 15.7 Å². The number of nitrogens with two attached hydrogens (primary N) is 1. The molecule has 5 heteroatoms. The van der Waals surface area contributed by atoms with Crippen LogP contribution in [0.2, 0.25) is 0 Å². The standard InChI is InChI=1S/C11H20N2O3/c1-8-7-10(15)13(11(8)16)6-4-2-3-5-9(12)14/h8,11,16H,2-7H2,1H3,(H2,12,14). The van der Waals surface area contributed by atoms with Crippen molar-refractivity contribution in [1.29, 1.82) is 0 Å². The summed E-state index contributed by atoms with van der Waals surface area (Å²) in [6.45, 7) is 2.44. The van der Waals surface area contributed by atoms with Crippen LogP contribution in [0.25, 0.3) is 0 Å². The van der Waals surface area contributed by atoms with Crippen molar-refractivity contribution in [2.75, 3.05) is 6.54 Å². The Labute approximate surface area is 95.6 Å². The van der Waals surface area contributed by atoms with Gasteiger partial charge in [0.25, 0.3) is 0 Å². The quantitative estimate of drug-likeness (QED) is 0.638. The smallest absolute Gasteiger partial charge is 0.225 e. The van der Waals surface area contributed by atoms with Gasteiger partial charge in [-0.15, -0.1) is 0 Å². The third-order valence-electron chi connectivity index (χ3n) is 2.97. The van der Waals surface area contributed by atoms with Crippen LogP contribution in [0, 0.1) is 5.92 Å². The summed E-state index contributed by atoms with van der Waals surface area (Å²) in [5.41, 5.74) is 5.02. The van der Waals surface area contributed by atoms with Crippen molar-refractivity contribution in [2.45, 2.75) is 45.3 Å². The van der Waals surface area contributed by atoms with Crippen LogP contribution in [-0.2, 0) is 9.59 Å². The topological polar surface area (TPSA) is 83.6 Å². The Morgan fingerprint density at radius 1 is 1.50 bits per heavy atom. The molecule has 1 aliphatic heterocycles. The molecular weight excluding hydrogens is 208 g/mol. The molecule has 92 valence electrons. The number of carbonyl (C=O) groups is 2. The van der Waals surface area contributed by atoms with Crippen molar-refractivity contribution in [3.8, 4) is 0 Å². The number of aliphatic hydroxyl groups excluding tert-OH is 1. The van der Waals surface area contributed by atoms with E-state index in [0.29, 0.717) is 19.4 Å². The molecule has 0 bridgehead atoms. The predicted octanol–water partition coefficient (Wildman–Crippen LogP) is 0.219. The van der Waals surface area contributed by atoms with E-state index in [-0.39, 0.29) is 17.7 Å². The molecule has 5 nitrogen and oxygen atoms in total. The van der Waals surface area contributed by atoms with Crippen LogP contribution in [0.3, 0.4) is 0 Å². The van der Waals surface area contributed by atoms with Gasteiger partial charge >= 0.3 is 0 Å². The Hall–Kier alpha value is -1.10. The summed E-state index contributed by atoms with van der Waals surface area (Å²) in [7, 11) is 0. The van der Waals surface area contributed by atoms with Gasteiger partial charge in [-0.1, -0.05) is 13.3 Å². The van der Waals surface area contributed by atoms with Gasteiger partial charge in [0, 0.05) is 25.3 Å². The predicted molar refractivity (Wildman–Crippen MR) is 59.2 cm³/mol. The van der Waals surface area contributed by atoms with Crippen LogP contribution in [0.4, 0.5) is 0 Å². The molecular formula is C11H20N2O3. The minimum atomic E-state index is -0.636. The van der Waals surface area contributed by atoms with E-state index in [1.807, 2.05) is 6.92 Å². The monoisotopic (exact) mass is 228 g/mol. The summed E-state index contributed by atoms with van der Waals surface area (Å²) in [5, 5.41) is 9.70. The Kier molecular flexibility index (Phi) is 4.73. The molecule has 1 saturated heterocycles. The molecule has 2 unspecified atom stereocenters. The van der Waals surface area contributed by atoms with Gasteiger partial charge in [0.2, 0.25) is 11.8 Å². The van der Waals surface area contributed by atoms with Gasteiger partial charge in [0.15, 0.2) is 0 Å². The molecule has 0 radical (unpaired) electrons. The molecule has 1 heterocycles. The second-order valence-electron chi connectivity index (χ2n) is 4.46. The molecule has 3 N–H and O–H groups in total. The number of nitrogens with zero attached hydrogens (tertiary/aromatic N) is 1. The van der Waals surface area contributed by atoms with Crippen LogP contribution in [0.5, 0.6) is 0 Å². The third-order valence-corrected chi connectivity index (χ3v) is 2.97. The molecule has 1 rings (SSSR count). The molecule has 0 aromatic rings. The SMILES string of the molecule is CC1CC(=O)N(CCCCCC(N)=O)C1O. The lowest BCUT2D eigenvalue weighted by atomic mass is 10.1. The summed E-state index contributed by atoms with van der Waals surface area (Å²) in [6, 6.07) is 0. The lowest BCUT2D eigenvalue weighted by Crippen LogP contribution is -2.35. The number of aliphatic hydroxyl groups is 1. The van der Waals surface area contributed by atoms with E-state index in [0.717, 1.165) is 19.3 Å². The Bertz CT molecular complexity index is 268. The minimum absolute atomic E-state index is 0.0231. The van der Waals surface area contributed by atoms with Crippen LogP contribution < -0.4 is 5.73 Å². The number of carbonyl (C=O) groups excluding carboxylic acids is 2. The Balaban J connectivity index is 2.17. The van der Waals surface area contributed by atoms with Crippen molar-refractivity contribution in [1.82, 2.24) is 4.90 Å². The van der Waals surface area contributed by atoms with E-state index in [1.165, 1.54) is 4.90 Å². The summed E-state index contributed by atoms with van der Waals surface area (Å²) in [6.07, 6.45) is 2.61. The highest BCUT2D eigenvalue weighted by molar-refractivity contribution is 5.78. The number of rotatable bonds is 6. The van der Waals surface area contributed by atoms with Gasteiger partial charge in [0.1, 0.15) is 6.23 Å². The Morgan fingerprint density at radius 3 is 2.69 bits per heavy atom. The fourth-order valence-electron chi connectivity index (χ4n) is 1.97. The molecule has 0 aromatic carbocycles. The first-order valence-corrected chi connectivity index (χ1v) is 5.78. The first-order valence-electron chi connectivity index (χ1n) is 5.78. The zero-order valence-corrected chi connectivity index (χ0v) is 9.69. The highest BCUT2D eigenvalue weighted by Crippen LogP contribution is 2.23. The molecule has 0 aliphatic carbocycles. The van der Waals surface area contributed by atoms with E-state index in [9.17, 15) is 14.7 Å². The maximum Gasteiger partial charge on any atom is 0.225 e. The van der Waals surface area contributed by atoms with E-state index >= 15 is 0 Å². The number of amides is 2. The van der Waals surface area contributed by atoms with Crippen LogP contribution >= 0.6 is 0 Å². The fourth-order valence-corrected chi connectivity index (χ4v) is 1.97. The van der Waals surface area contributed by atoms with Crippen molar-refractivity contribution in [3.63, 3.8) is 0 Å². The zero-order valence-electron chi connectivity index (χ0n) is 9.69. The highest BCUT2D eigenvalue weighted by atomic mass is 16.3. The van der Waals surface area contributed by atoms with Gasteiger partial charge in [-0.3, -0.25) is 9.59 Å². The zero-order chi connectivity index (χ0) is 12.1. The molecule has 16 heavy (non-hydrogen) atoms. The second-order valence-corrected chi connectivity index (χ2v) is 4.46. The number of primary amides is 1. The largest absolute Gasteiger partial charge is 0.373 e. The van der Waals surface area contributed by atoms with E-state index in [4.69, 9.17) is 5.73 Å². The maximum atomic E-state index is 11.5. The molecule has 2 atom stereocenters. The molecule has 2 amide bonds. The van der Waals surface area contributed by atoms with Crippen LogP contribution in [0.15, 0.2) is 0 Å². The van der Waals surface area contributed by atoms with Crippen molar-refractivity contribution in [3.05, 3.63) is 0 Å². The van der Waals surface area contributed by atoms with Crippen molar-refractivity contribution < 1.29 is 14.7 Å². The number of unbranched alkanes of at least 4 members (excludes halogenated alkanes) is 2. The highest BCUT2D eigenvalue weighted by Gasteiger charge is 2.34. The maximum absolute atomic E-state index is 11.5. The van der Waals surface area contributed by atoms with Crippen molar-refractivity contribution in [2.24, 2.45) is 11.7 Å². The first-order chi connectivity index (χ1) is 7.52. The number of hydrogen-bond donors (Lipinski definition) is 2. The number of likely N-dealkylation sites (tertiary alicyclic amines) is 1. The summed E-state index contributed by atoms with van der Waals surface area (Å²) in [4.78, 5) is 23.5. The molecule has 0 spiro atoms. The lowest BCUT2D eigenvalue weighted by Gasteiger charge is -2.21. The van der Waals surface area contributed by atoms with Gasteiger partial charge in [0.05, 0.1) is 0 Å². The molecule has 1 aliphatic rings. The summed E-state index contributed by atoms with van der Waals surface area (Å²) in [5.74, 6) is -0.237. The summed E-state index contributed by atoms with van der Waals surface area (Å²) >= 11 is 0. The average Bonchev–Trinajstić information content (AvgIpc) is 2.43. The fraction of sp³-hybridized carbons (Fsp3) is 0.818. The van der Waals surface area contributed by atoms with Gasteiger partial charge in [-0.25, -0.2) is 0 Å².